The fourth-order valence-corrected chi connectivity index (χ4v) is 3.88. The number of anilines is 1. The first-order valence-corrected chi connectivity index (χ1v) is 10.8. The van der Waals surface area contributed by atoms with Gasteiger partial charge in [0.1, 0.15) is 11.3 Å². The lowest BCUT2D eigenvalue weighted by Crippen LogP contribution is -2.31. The predicted octanol–water partition coefficient (Wildman–Crippen LogP) is 1.54. The zero-order chi connectivity index (χ0) is 22.7. The molecule has 0 unspecified atom stereocenters. The maximum absolute atomic E-state index is 12.7. The molecule has 3 aromatic rings. The normalized spacial score (nSPS) is 14.3. The zero-order valence-corrected chi connectivity index (χ0v) is 17.9. The second-order valence-electron chi connectivity index (χ2n) is 8.03. The van der Waals surface area contributed by atoms with E-state index in [1.165, 1.54) is 11.6 Å². The zero-order valence-electron chi connectivity index (χ0n) is 17.9. The van der Waals surface area contributed by atoms with Gasteiger partial charge in [-0.3, -0.25) is 23.9 Å². The average Bonchev–Trinajstić information content (AvgIpc) is 3.03. The summed E-state index contributed by atoms with van der Waals surface area (Å²) in [7, 11) is 1.51. The van der Waals surface area contributed by atoms with E-state index in [1.54, 1.807) is 24.3 Å². The number of rotatable bonds is 5. The van der Waals surface area contributed by atoms with Crippen molar-refractivity contribution in [2.75, 3.05) is 18.4 Å². The molecule has 1 aliphatic heterocycles. The Morgan fingerprint density at radius 1 is 1.03 bits per heavy atom. The molecule has 2 aromatic heterocycles. The van der Waals surface area contributed by atoms with Gasteiger partial charge in [-0.2, -0.15) is 0 Å². The summed E-state index contributed by atoms with van der Waals surface area (Å²) in [5, 5.41) is 2.80. The lowest BCUT2D eigenvalue weighted by molar-refractivity contribution is -0.116. The molecule has 1 aliphatic rings. The van der Waals surface area contributed by atoms with Crippen LogP contribution in [0.3, 0.4) is 0 Å². The molecule has 0 radical (unpaired) electrons. The molecule has 3 N–H and O–H groups in total. The van der Waals surface area contributed by atoms with Gasteiger partial charge in [0.25, 0.3) is 11.5 Å². The standard InChI is InChI=1S/C22H26N6O4/c1-27-19-18(20(30)26-22(27)32)24-16(25-19)10-11-17(29)23-15-8-6-14(7-9-15)21(31)28-12-4-2-3-5-13-28/h6-9H,2-5,10-13H2,1H3,(H,23,29)(H,24,25)(H,26,30,32). The SMILES string of the molecule is Cn1c(=O)[nH]c(=O)c2[nH]c(CCC(=O)Nc3ccc(C(=O)N4CCCCCC4)cc3)nc21. The first-order chi connectivity index (χ1) is 15.4. The number of imidazole rings is 1. The summed E-state index contributed by atoms with van der Waals surface area (Å²) in [4.78, 5) is 59.8. The van der Waals surface area contributed by atoms with Gasteiger partial charge < -0.3 is 15.2 Å². The topological polar surface area (TPSA) is 133 Å². The average molecular weight is 438 g/mol. The Labute approximate surface area is 183 Å². The van der Waals surface area contributed by atoms with Crippen LogP contribution >= 0.6 is 0 Å². The van der Waals surface area contributed by atoms with Crippen molar-refractivity contribution in [3.8, 4) is 0 Å². The van der Waals surface area contributed by atoms with E-state index in [9.17, 15) is 19.2 Å². The first-order valence-electron chi connectivity index (χ1n) is 10.8. The third-order valence-electron chi connectivity index (χ3n) is 5.70. The number of hydrogen-bond donors (Lipinski definition) is 3. The maximum atomic E-state index is 12.7. The minimum atomic E-state index is -0.545. The highest BCUT2D eigenvalue weighted by Crippen LogP contribution is 2.16. The van der Waals surface area contributed by atoms with Gasteiger partial charge >= 0.3 is 5.69 Å². The van der Waals surface area contributed by atoms with Crippen molar-refractivity contribution in [1.82, 2.24) is 24.4 Å². The number of benzene rings is 1. The largest absolute Gasteiger partial charge is 0.339 e. The maximum Gasteiger partial charge on any atom is 0.329 e. The molecule has 10 nitrogen and oxygen atoms in total. The van der Waals surface area contributed by atoms with E-state index in [-0.39, 0.29) is 35.8 Å². The highest BCUT2D eigenvalue weighted by atomic mass is 16.2. The second-order valence-corrected chi connectivity index (χ2v) is 8.03. The van der Waals surface area contributed by atoms with Crippen molar-refractivity contribution < 1.29 is 9.59 Å². The monoisotopic (exact) mass is 438 g/mol. The predicted molar refractivity (Wildman–Crippen MR) is 120 cm³/mol. The van der Waals surface area contributed by atoms with Gasteiger partial charge in [-0.1, -0.05) is 12.8 Å². The van der Waals surface area contributed by atoms with Crippen LogP contribution in [-0.2, 0) is 18.3 Å². The quantitative estimate of drug-likeness (QED) is 0.556. The van der Waals surface area contributed by atoms with Crippen molar-refractivity contribution >= 4 is 28.7 Å². The molecule has 1 aromatic carbocycles. The van der Waals surface area contributed by atoms with Crippen LogP contribution in [-0.4, -0.2) is 49.3 Å². The van der Waals surface area contributed by atoms with E-state index >= 15 is 0 Å². The molecule has 0 saturated carbocycles. The Morgan fingerprint density at radius 2 is 1.72 bits per heavy atom. The molecule has 168 valence electrons. The first kappa shape index (κ1) is 21.5. The van der Waals surface area contributed by atoms with Gasteiger partial charge in [0.05, 0.1) is 0 Å². The van der Waals surface area contributed by atoms with Crippen LogP contribution in [0.5, 0.6) is 0 Å². The summed E-state index contributed by atoms with van der Waals surface area (Å²) in [6.07, 6.45) is 4.82. The van der Waals surface area contributed by atoms with Gasteiger partial charge in [-0.25, -0.2) is 9.78 Å². The van der Waals surface area contributed by atoms with Crippen LogP contribution in [0.15, 0.2) is 33.9 Å². The number of aromatic nitrogens is 4. The molecule has 0 bridgehead atoms. The van der Waals surface area contributed by atoms with Crippen molar-refractivity contribution in [1.29, 1.82) is 0 Å². The third kappa shape index (κ3) is 4.63. The Morgan fingerprint density at radius 3 is 2.41 bits per heavy atom. The van der Waals surface area contributed by atoms with Gasteiger partial charge in [-0.05, 0) is 37.1 Å². The van der Waals surface area contributed by atoms with Gasteiger partial charge in [0, 0.05) is 44.2 Å². The Balaban J connectivity index is 1.35. The van der Waals surface area contributed by atoms with E-state index in [1.807, 2.05) is 4.90 Å². The molecule has 0 atom stereocenters. The highest BCUT2D eigenvalue weighted by Gasteiger charge is 2.17. The Kier molecular flexibility index (Phi) is 6.20. The van der Waals surface area contributed by atoms with E-state index in [2.05, 4.69) is 20.3 Å². The summed E-state index contributed by atoms with van der Waals surface area (Å²) in [5.74, 6) is 0.249. The van der Waals surface area contributed by atoms with E-state index in [0.29, 0.717) is 17.1 Å². The van der Waals surface area contributed by atoms with Gasteiger partial charge in [0.15, 0.2) is 5.65 Å². The summed E-state index contributed by atoms with van der Waals surface area (Å²) >= 11 is 0. The van der Waals surface area contributed by atoms with E-state index < -0.39 is 11.2 Å². The van der Waals surface area contributed by atoms with Crippen LogP contribution < -0.4 is 16.6 Å². The number of fused-ring (bicyclic) bond motifs is 1. The van der Waals surface area contributed by atoms with E-state index in [0.717, 1.165) is 38.8 Å². The molecular formula is C22H26N6O4. The molecule has 1 saturated heterocycles. The third-order valence-corrected chi connectivity index (χ3v) is 5.70. The number of likely N-dealkylation sites (tertiary alicyclic amines) is 1. The summed E-state index contributed by atoms with van der Waals surface area (Å²) in [5.41, 5.74) is 0.581. The summed E-state index contributed by atoms with van der Waals surface area (Å²) in [6, 6.07) is 6.91. The molecule has 0 aliphatic carbocycles. The van der Waals surface area contributed by atoms with E-state index in [4.69, 9.17) is 0 Å². The molecule has 4 rings (SSSR count). The number of amides is 2. The fourth-order valence-electron chi connectivity index (χ4n) is 3.88. The number of carbonyl (C=O) groups is 2. The van der Waals surface area contributed by atoms with Gasteiger partial charge in [0.2, 0.25) is 5.91 Å². The number of nitrogens with one attached hydrogen (secondary N) is 3. The number of aromatic amines is 2. The Hall–Kier alpha value is -3.69. The van der Waals surface area contributed by atoms with Crippen LogP contribution in [0.4, 0.5) is 5.69 Å². The van der Waals surface area contributed by atoms with Gasteiger partial charge in [-0.15, -0.1) is 0 Å². The molecule has 0 spiro atoms. The summed E-state index contributed by atoms with van der Waals surface area (Å²) < 4.78 is 1.24. The summed E-state index contributed by atoms with van der Waals surface area (Å²) in [6.45, 7) is 1.58. The molecule has 3 heterocycles. The minimum Gasteiger partial charge on any atom is -0.339 e. The van der Waals surface area contributed by atoms with Crippen LogP contribution in [0.25, 0.3) is 11.2 Å². The fraction of sp³-hybridized carbons (Fsp3) is 0.409. The Bertz CT molecular complexity index is 1250. The van der Waals surface area contributed by atoms with Crippen molar-refractivity contribution in [2.24, 2.45) is 7.05 Å². The number of hydrogen-bond acceptors (Lipinski definition) is 5. The lowest BCUT2D eigenvalue weighted by Gasteiger charge is -2.20. The van der Waals surface area contributed by atoms with Crippen LogP contribution in [0.2, 0.25) is 0 Å². The minimum absolute atomic E-state index is 0.0269. The molecule has 1 fully saturated rings. The van der Waals surface area contributed by atoms with Crippen molar-refractivity contribution in [3.05, 3.63) is 56.5 Å². The van der Waals surface area contributed by atoms with Crippen LogP contribution in [0, 0.1) is 0 Å². The molecular weight excluding hydrogens is 412 g/mol. The molecule has 2 amide bonds. The molecule has 32 heavy (non-hydrogen) atoms. The lowest BCUT2D eigenvalue weighted by atomic mass is 10.1. The number of nitrogens with zero attached hydrogens (tertiary/aromatic N) is 3. The van der Waals surface area contributed by atoms with Crippen molar-refractivity contribution in [3.63, 3.8) is 0 Å². The van der Waals surface area contributed by atoms with Crippen molar-refractivity contribution in [2.45, 2.75) is 38.5 Å². The second kappa shape index (κ2) is 9.21. The number of H-pyrrole nitrogens is 2. The highest BCUT2D eigenvalue weighted by molar-refractivity contribution is 5.95. The number of carbonyl (C=O) groups excluding carboxylic acids is 2. The molecule has 10 heteroatoms. The number of aryl methyl sites for hydroxylation is 2. The smallest absolute Gasteiger partial charge is 0.329 e. The van der Waals surface area contributed by atoms with Crippen LogP contribution in [0.1, 0.15) is 48.3 Å².